The highest BCUT2D eigenvalue weighted by atomic mass is 32.2. The fraction of sp³-hybridized carbons (Fsp3) is 0.933. The van der Waals surface area contributed by atoms with Crippen LogP contribution in [0.3, 0.4) is 0 Å². The van der Waals surface area contributed by atoms with Crippen LogP contribution in [-0.2, 0) is 19.7 Å². The highest BCUT2D eigenvalue weighted by Crippen LogP contribution is 2.36. The lowest BCUT2D eigenvalue weighted by molar-refractivity contribution is -0.138. The molecule has 23 heavy (non-hydrogen) atoms. The van der Waals surface area contributed by atoms with E-state index >= 15 is 0 Å². The molecule has 1 amide bonds. The molecule has 0 aromatic carbocycles. The molecule has 0 aromatic rings. The molecule has 3 aliphatic rings. The molecule has 0 unspecified atom stereocenters. The van der Waals surface area contributed by atoms with Gasteiger partial charge in [-0.3, -0.25) is 4.79 Å². The number of hydrogen-bond acceptors (Lipinski definition) is 4. The Kier molecular flexibility index (Phi) is 4.96. The predicted octanol–water partition coefficient (Wildman–Crippen LogP) is 0.285. The summed E-state index contributed by atoms with van der Waals surface area (Å²) in [6, 6.07) is -0.549. The third-order valence-corrected chi connectivity index (χ3v) is 7.44. The standard InChI is InChI=1S/C15H27N3O4S/c1-12(13-5-6-13)16(2)23(20,21)18-7-3-4-14(18)15(19)17-8-10-22-11-9-17/h12-14H,3-11H2,1-2H3/t12-,14-/m1/s1. The van der Waals surface area contributed by atoms with Gasteiger partial charge in [0.2, 0.25) is 5.91 Å². The molecule has 0 bridgehead atoms. The summed E-state index contributed by atoms with van der Waals surface area (Å²) in [5, 5.41) is 0. The number of hydrogen-bond donors (Lipinski definition) is 0. The number of carbonyl (C=O) groups is 1. The van der Waals surface area contributed by atoms with Crippen molar-refractivity contribution in [2.45, 2.75) is 44.7 Å². The highest BCUT2D eigenvalue weighted by Gasteiger charge is 2.45. The molecule has 3 fully saturated rings. The summed E-state index contributed by atoms with van der Waals surface area (Å²) in [4.78, 5) is 14.5. The van der Waals surface area contributed by atoms with Gasteiger partial charge in [0, 0.05) is 32.7 Å². The summed E-state index contributed by atoms with van der Waals surface area (Å²) in [6.45, 7) is 4.57. The third kappa shape index (κ3) is 3.40. The number of nitrogens with zero attached hydrogens (tertiary/aromatic N) is 3. The summed E-state index contributed by atoms with van der Waals surface area (Å²) in [5.74, 6) is 0.396. The fourth-order valence-corrected chi connectivity index (χ4v) is 5.31. The van der Waals surface area contributed by atoms with Crippen molar-refractivity contribution in [1.29, 1.82) is 0 Å². The van der Waals surface area contributed by atoms with Gasteiger partial charge in [0.25, 0.3) is 10.2 Å². The summed E-state index contributed by atoms with van der Waals surface area (Å²) in [7, 11) is -1.94. The van der Waals surface area contributed by atoms with Crippen molar-refractivity contribution in [2.24, 2.45) is 5.92 Å². The van der Waals surface area contributed by atoms with Crippen molar-refractivity contribution < 1.29 is 17.9 Å². The molecule has 7 nitrogen and oxygen atoms in total. The zero-order valence-electron chi connectivity index (χ0n) is 14.0. The zero-order valence-corrected chi connectivity index (χ0v) is 14.8. The van der Waals surface area contributed by atoms with E-state index in [2.05, 4.69) is 0 Å². The second kappa shape index (κ2) is 6.66. The van der Waals surface area contributed by atoms with Crippen molar-refractivity contribution in [3.8, 4) is 0 Å². The first-order valence-electron chi connectivity index (χ1n) is 8.54. The lowest BCUT2D eigenvalue weighted by atomic mass is 10.2. The minimum atomic E-state index is -3.59. The first-order valence-corrected chi connectivity index (χ1v) is 9.94. The largest absolute Gasteiger partial charge is 0.378 e. The van der Waals surface area contributed by atoms with Crippen LogP contribution in [0.2, 0.25) is 0 Å². The van der Waals surface area contributed by atoms with Crippen LogP contribution in [-0.4, -0.2) is 79.8 Å². The Balaban J connectivity index is 1.73. The average molecular weight is 345 g/mol. The van der Waals surface area contributed by atoms with E-state index in [0.29, 0.717) is 45.2 Å². The van der Waals surface area contributed by atoms with Crippen LogP contribution in [0.25, 0.3) is 0 Å². The lowest BCUT2D eigenvalue weighted by Gasteiger charge is -2.35. The van der Waals surface area contributed by atoms with E-state index in [9.17, 15) is 13.2 Å². The van der Waals surface area contributed by atoms with Crippen LogP contribution in [0.1, 0.15) is 32.6 Å². The van der Waals surface area contributed by atoms with Crippen LogP contribution in [0.15, 0.2) is 0 Å². The second-order valence-electron chi connectivity index (χ2n) is 6.81. The Bertz CT molecular complexity index is 543. The lowest BCUT2D eigenvalue weighted by Crippen LogP contribution is -2.54. The molecule has 1 aliphatic carbocycles. The van der Waals surface area contributed by atoms with Gasteiger partial charge in [-0.25, -0.2) is 0 Å². The Morgan fingerprint density at radius 2 is 1.83 bits per heavy atom. The van der Waals surface area contributed by atoms with Crippen LogP contribution in [0, 0.1) is 5.92 Å². The first kappa shape index (κ1) is 17.1. The molecule has 0 radical (unpaired) electrons. The quantitative estimate of drug-likeness (QED) is 0.718. The van der Waals surface area contributed by atoms with Crippen molar-refractivity contribution >= 4 is 16.1 Å². The Morgan fingerprint density at radius 1 is 1.17 bits per heavy atom. The second-order valence-corrected chi connectivity index (χ2v) is 8.75. The molecule has 3 rings (SSSR count). The van der Waals surface area contributed by atoms with Gasteiger partial charge in [0.1, 0.15) is 6.04 Å². The van der Waals surface area contributed by atoms with Crippen molar-refractivity contribution in [3.05, 3.63) is 0 Å². The molecule has 0 aromatic heterocycles. The maximum Gasteiger partial charge on any atom is 0.282 e. The van der Waals surface area contributed by atoms with Gasteiger partial charge in [-0.1, -0.05) is 0 Å². The molecule has 1 saturated carbocycles. The highest BCUT2D eigenvalue weighted by molar-refractivity contribution is 7.86. The maximum absolute atomic E-state index is 13.0. The fourth-order valence-electron chi connectivity index (χ4n) is 3.51. The summed E-state index contributed by atoms with van der Waals surface area (Å²) in [6.07, 6.45) is 3.54. The van der Waals surface area contributed by atoms with Crippen LogP contribution in [0.4, 0.5) is 0 Å². The normalized spacial score (nSPS) is 28.3. The third-order valence-electron chi connectivity index (χ3n) is 5.35. The number of rotatable bonds is 5. The Labute approximate surface area is 138 Å². The smallest absolute Gasteiger partial charge is 0.282 e. The molecule has 8 heteroatoms. The summed E-state index contributed by atoms with van der Waals surface area (Å²) in [5.41, 5.74) is 0. The monoisotopic (exact) mass is 345 g/mol. The predicted molar refractivity (Wildman–Crippen MR) is 86.0 cm³/mol. The Hall–Kier alpha value is -0.700. The van der Waals surface area contributed by atoms with Crippen molar-refractivity contribution in [1.82, 2.24) is 13.5 Å². The van der Waals surface area contributed by atoms with E-state index in [4.69, 9.17) is 4.74 Å². The number of morpholine rings is 1. The Morgan fingerprint density at radius 3 is 2.43 bits per heavy atom. The zero-order chi connectivity index (χ0) is 16.6. The molecule has 2 saturated heterocycles. The molecule has 132 valence electrons. The van der Waals surface area contributed by atoms with Gasteiger partial charge in [-0.2, -0.15) is 17.0 Å². The van der Waals surface area contributed by atoms with E-state index in [1.165, 1.54) is 8.61 Å². The first-order chi connectivity index (χ1) is 10.9. The molecular weight excluding hydrogens is 318 g/mol. The van der Waals surface area contributed by atoms with Gasteiger partial charge < -0.3 is 9.64 Å². The minimum absolute atomic E-state index is 0.000242. The molecule has 2 aliphatic heterocycles. The van der Waals surface area contributed by atoms with Crippen LogP contribution in [0.5, 0.6) is 0 Å². The molecule has 2 atom stereocenters. The van der Waals surface area contributed by atoms with Crippen LogP contribution >= 0.6 is 0 Å². The SMILES string of the molecule is C[C@H](C1CC1)N(C)S(=O)(=O)N1CCC[C@@H]1C(=O)N1CCOCC1. The van der Waals surface area contributed by atoms with Gasteiger partial charge in [-0.05, 0) is 38.5 Å². The van der Waals surface area contributed by atoms with E-state index in [1.54, 1.807) is 11.9 Å². The van der Waals surface area contributed by atoms with Gasteiger partial charge in [0.15, 0.2) is 0 Å². The average Bonchev–Trinajstić information content (AvgIpc) is 3.29. The van der Waals surface area contributed by atoms with Gasteiger partial charge in [-0.15, -0.1) is 0 Å². The van der Waals surface area contributed by atoms with Gasteiger partial charge >= 0.3 is 0 Å². The molecule has 0 N–H and O–H groups in total. The number of amides is 1. The summed E-state index contributed by atoms with van der Waals surface area (Å²) < 4.78 is 34.1. The van der Waals surface area contributed by atoms with E-state index < -0.39 is 16.3 Å². The molecule has 2 heterocycles. The minimum Gasteiger partial charge on any atom is -0.378 e. The van der Waals surface area contributed by atoms with E-state index in [-0.39, 0.29) is 11.9 Å². The van der Waals surface area contributed by atoms with Crippen LogP contribution < -0.4 is 0 Å². The topological polar surface area (TPSA) is 70.2 Å². The van der Waals surface area contributed by atoms with Crippen molar-refractivity contribution in [2.75, 3.05) is 39.9 Å². The van der Waals surface area contributed by atoms with E-state index in [1.807, 2.05) is 6.92 Å². The molecule has 0 spiro atoms. The van der Waals surface area contributed by atoms with Gasteiger partial charge in [0.05, 0.1) is 13.2 Å². The maximum atomic E-state index is 13.0. The summed E-state index contributed by atoms with van der Waals surface area (Å²) >= 11 is 0. The number of carbonyl (C=O) groups excluding carboxylic acids is 1. The number of ether oxygens (including phenoxy) is 1. The molecular formula is C15H27N3O4S. The van der Waals surface area contributed by atoms with Crippen molar-refractivity contribution in [3.63, 3.8) is 0 Å². The van der Waals surface area contributed by atoms with E-state index in [0.717, 1.165) is 19.3 Å².